The molecule has 1 aromatic carbocycles. The van der Waals surface area contributed by atoms with Gasteiger partial charge in [-0.2, -0.15) is 4.98 Å². The Labute approximate surface area is 124 Å². The molecule has 4 rings (SSSR count). The molecule has 3 heterocycles. The summed E-state index contributed by atoms with van der Waals surface area (Å²) in [5.41, 5.74) is 7.18. The van der Waals surface area contributed by atoms with E-state index in [-0.39, 0.29) is 29.9 Å². The van der Waals surface area contributed by atoms with E-state index in [0.29, 0.717) is 17.1 Å². The number of ether oxygens (including phenoxy) is 2. The van der Waals surface area contributed by atoms with Crippen molar-refractivity contribution < 1.29 is 9.47 Å². The lowest BCUT2D eigenvalue weighted by Gasteiger charge is -2.17. The van der Waals surface area contributed by atoms with Crippen LogP contribution in [0.2, 0.25) is 0 Å². The summed E-state index contributed by atoms with van der Waals surface area (Å²) in [6, 6.07) is 5.22. The number of aromatic amines is 1. The zero-order valence-corrected chi connectivity index (χ0v) is 11.7. The molecule has 0 bridgehead atoms. The SMILES string of the molecule is CC(c1ccc2c(c1)OCO2)n1c(N)nc2[nH]cnc2c1=O. The van der Waals surface area contributed by atoms with E-state index in [4.69, 9.17) is 15.2 Å². The third-order valence-electron chi connectivity index (χ3n) is 3.78. The quantitative estimate of drug-likeness (QED) is 0.732. The number of H-pyrrole nitrogens is 1. The van der Waals surface area contributed by atoms with Crippen molar-refractivity contribution in [3.05, 3.63) is 40.4 Å². The maximum Gasteiger partial charge on any atom is 0.283 e. The molecule has 3 aromatic rings. The van der Waals surface area contributed by atoms with Gasteiger partial charge in [-0.1, -0.05) is 6.07 Å². The Bertz CT molecular complexity index is 930. The molecule has 3 N–H and O–H groups in total. The third-order valence-corrected chi connectivity index (χ3v) is 3.78. The predicted molar refractivity (Wildman–Crippen MR) is 78.9 cm³/mol. The molecular weight excluding hydrogens is 286 g/mol. The van der Waals surface area contributed by atoms with E-state index in [9.17, 15) is 4.79 Å². The Morgan fingerprint density at radius 2 is 2.18 bits per heavy atom. The minimum absolute atomic E-state index is 0.131. The molecule has 0 radical (unpaired) electrons. The van der Waals surface area contributed by atoms with Crippen LogP contribution in [0.5, 0.6) is 11.5 Å². The number of rotatable bonds is 2. The molecule has 0 fully saturated rings. The number of imidazole rings is 1. The standard InChI is InChI=1S/C14H13N5O3/c1-7(8-2-3-9-10(4-8)22-6-21-9)19-13(20)11-12(17-5-16-11)18-14(19)15/h2-5,7H,6H2,1H3,(H2,15,18)(H,16,17). The van der Waals surface area contributed by atoms with Gasteiger partial charge in [0.2, 0.25) is 12.7 Å². The molecule has 0 spiro atoms. The lowest BCUT2D eigenvalue weighted by Crippen LogP contribution is -2.28. The van der Waals surface area contributed by atoms with Gasteiger partial charge in [-0.15, -0.1) is 0 Å². The van der Waals surface area contributed by atoms with Gasteiger partial charge in [-0.25, -0.2) is 4.98 Å². The normalized spacial score (nSPS) is 14.4. The molecule has 112 valence electrons. The van der Waals surface area contributed by atoms with Gasteiger partial charge >= 0.3 is 0 Å². The van der Waals surface area contributed by atoms with E-state index < -0.39 is 0 Å². The maximum atomic E-state index is 12.6. The number of nitrogen functional groups attached to an aromatic ring is 1. The van der Waals surface area contributed by atoms with Crippen LogP contribution in [0.3, 0.4) is 0 Å². The molecule has 0 amide bonds. The lowest BCUT2D eigenvalue weighted by molar-refractivity contribution is 0.174. The fraction of sp³-hybridized carbons (Fsp3) is 0.214. The summed E-state index contributed by atoms with van der Waals surface area (Å²) in [4.78, 5) is 23.5. The molecule has 8 heteroatoms. The fourth-order valence-electron chi connectivity index (χ4n) is 2.61. The van der Waals surface area contributed by atoms with Crippen LogP contribution < -0.4 is 20.8 Å². The van der Waals surface area contributed by atoms with Crippen LogP contribution in [0.1, 0.15) is 18.5 Å². The Kier molecular flexibility index (Phi) is 2.59. The van der Waals surface area contributed by atoms with Crippen molar-refractivity contribution in [2.45, 2.75) is 13.0 Å². The summed E-state index contributed by atoms with van der Waals surface area (Å²) in [5, 5.41) is 0. The smallest absolute Gasteiger partial charge is 0.283 e. The number of aromatic nitrogens is 4. The van der Waals surface area contributed by atoms with Crippen LogP contribution in [-0.4, -0.2) is 26.3 Å². The maximum absolute atomic E-state index is 12.6. The Morgan fingerprint density at radius 1 is 1.36 bits per heavy atom. The number of anilines is 1. The number of nitrogens with two attached hydrogens (primary N) is 1. The van der Waals surface area contributed by atoms with E-state index in [0.717, 1.165) is 5.56 Å². The van der Waals surface area contributed by atoms with Crippen LogP contribution in [-0.2, 0) is 0 Å². The van der Waals surface area contributed by atoms with Crippen LogP contribution in [0.4, 0.5) is 5.95 Å². The summed E-state index contributed by atoms with van der Waals surface area (Å²) in [6.45, 7) is 2.07. The number of hydrogen-bond acceptors (Lipinski definition) is 6. The summed E-state index contributed by atoms with van der Waals surface area (Å²) in [6.07, 6.45) is 1.42. The van der Waals surface area contributed by atoms with Gasteiger partial charge in [0.25, 0.3) is 5.56 Å². The molecule has 0 saturated heterocycles. The van der Waals surface area contributed by atoms with Crippen molar-refractivity contribution in [2.75, 3.05) is 12.5 Å². The first-order chi connectivity index (χ1) is 10.6. The molecule has 1 atom stereocenters. The second-order valence-corrected chi connectivity index (χ2v) is 5.03. The van der Waals surface area contributed by atoms with Crippen molar-refractivity contribution >= 4 is 17.1 Å². The summed E-state index contributed by atoms with van der Waals surface area (Å²) in [7, 11) is 0. The molecule has 0 saturated carbocycles. The van der Waals surface area contributed by atoms with Crippen molar-refractivity contribution in [1.82, 2.24) is 19.5 Å². The fourth-order valence-corrected chi connectivity index (χ4v) is 2.61. The van der Waals surface area contributed by atoms with Crippen molar-refractivity contribution in [3.63, 3.8) is 0 Å². The monoisotopic (exact) mass is 299 g/mol. The molecule has 0 aliphatic carbocycles. The van der Waals surface area contributed by atoms with Crippen molar-refractivity contribution in [3.8, 4) is 11.5 Å². The molecule has 1 aliphatic heterocycles. The number of hydrogen-bond donors (Lipinski definition) is 2. The topological polar surface area (TPSA) is 108 Å². The van der Waals surface area contributed by atoms with Crippen LogP contribution in [0, 0.1) is 0 Å². The highest BCUT2D eigenvalue weighted by atomic mass is 16.7. The third kappa shape index (κ3) is 1.73. The Morgan fingerprint density at radius 3 is 3.05 bits per heavy atom. The second kappa shape index (κ2) is 4.48. The molecule has 1 unspecified atom stereocenters. The molecule has 22 heavy (non-hydrogen) atoms. The van der Waals surface area contributed by atoms with Gasteiger partial charge in [0.1, 0.15) is 0 Å². The van der Waals surface area contributed by atoms with E-state index in [1.165, 1.54) is 10.9 Å². The summed E-state index contributed by atoms with van der Waals surface area (Å²) >= 11 is 0. The number of benzene rings is 1. The minimum atomic E-state index is -0.310. The Balaban J connectivity index is 1.86. The summed E-state index contributed by atoms with van der Waals surface area (Å²) in [5.74, 6) is 1.48. The minimum Gasteiger partial charge on any atom is -0.454 e. The number of nitrogens with one attached hydrogen (secondary N) is 1. The zero-order chi connectivity index (χ0) is 15.3. The molecule has 8 nitrogen and oxygen atoms in total. The highest BCUT2D eigenvalue weighted by Gasteiger charge is 2.20. The largest absolute Gasteiger partial charge is 0.454 e. The van der Waals surface area contributed by atoms with Crippen LogP contribution in [0.25, 0.3) is 11.2 Å². The van der Waals surface area contributed by atoms with Gasteiger partial charge < -0.3 is 20.2 Å². The second-order valence-electron chi connectivity index (χ2n) is 5.03. The van der Waals surface area contributed by atoms with E-state index in [1.54, 1.807) is 0 Å². The molecule has 1 aliphatic rings. The van der Waals surface area contributed by atoms with Gasteiger partial charge in [-0.05, 0) is 24.6 Å². The Hall–Kier alpha value is -3.03. The molecule has 2 aromatic heterocycles. The van der Waals surface area contributed by atoms with Crippen LogP contribution >= 0.6 is 0 Å². The van der Waals surface area contributed by atoms with Gasteiger partial charge in [0, 0.05) is 0 Å². The highest BCUT2D eigenvalue weighted by molar-refractivity contribution is 5.69. The van der Waals surface area contributed by atoms with E-state index in [1.807, 2.05) is 25.1 Å². The highest BCUT2D eigenvalue weighted by Crippen LogP contribution is 2.35. The zero-order valence-electron chi connectivity index (χ0n) is 11.7. The van der Waals surface area contributed by atoms with Crippen molar-refractivity contribution in [1.29, 1.82) is 0 Å². The first-order valence-electron chi connectivity index (χ1n) is 6.76. The van der Waals surface area contributed by atoms with E-state index >= 15 is 0 Å². The van der Waals surface area contributed by atoms with Gasteiger partial charge in [0.05, 0.1) is 12.4 Å². The van der Waals surface area contributed by atoms with Crippen molar-refractivity contribution in [2.24, 2.45) is 0 Å². The summed E-state index contributed by atoms with van der Waals surface area (Å²) < 4.78 is 12.1. The van der Waals surface area contributed by atoms with E-state index in [2.05, 4.69) is 15.0 Å². The average molecular weight is 299 g/mol. The first-order valence-corrected chi connectivity index (χ1v) is 6.76. The lowest BCUT2D eigenvalue weighted by atomic mass is 10.1. The first kappa shape index (κ1) is 12.7. The van der Waals surface area contributed by atoms with Crippen LogP contribution in [0.15, 0.2) is 29.3 Å². The number of fused-ring (bicyclic) bond motifs is 2. The van der Waals surface area contributed by atoms with Gasteiger partial charge in [0.15, 0.2) is 22.7 Å². The van der Waals surface area contributed by atoms with Gasteiger partial charge in [-0.3, -0.25) is 9.36 Å². The average Bonchev–Trinajstić information content (AvgIpc) is 3.14. The number of nitrogens with zero attached hydrogens (tertiary/aromatic N) is 3. The molecular formula is C14H13N5O3. The predicted octanol–water partition coefficient (Wildman–Crippen LogP) is 1.04.